The highest BCUT2D eigenvalue weighted by Gasteiger charge is 2.37. The highest BCUT2D eigenvalue weighted by Crippen LogP contribution is 2.36. The van der Waals surface area contributed by atoms with E-state index in [2.05, 4.69) is 4.72 Å². The molecule has 0 radical (unpaired) electrons. The van der Waals surface area contributed by atoms with Crippen molar-refractivity contribution in [2.24, 2.45) is 0 Å². The molecular formula is C14H22ClNO3S2. The predicted octanol–water partition coefficient (Wildman–Crippen LogP) is 3.62. The van der Waals surface area contributed by atoms with E-state index in [1.807, 2.05) is 33.1 Å². The van der Waals surface area contributed by atoms with Crippen molar-refractivity contribution in [2.45, 2.75) is 51.3 Å². The Morgan fingerprint density at radius 2 is 2.05 bits per heavy atom. The molecule has 0 aliphatic carbocycles. The van der Waals surface area contributed by atoms with Crippen molar-refractivity contribution in [2.75, 3.05) is 6.61 Å². The minimum atomic E-state index is -1.33. The van der Waals surface area contributed by atoms with Crippen LogP contribution >= 0.6 is 22.9 Å². The Bertz CT molecular complexity index is 525. The van der Waals surface area contributed by atoms with Crippen molar-refractivity contribution in [3.05, 3.63) is 21.3 Å². The smallest absolute Gasteiger partial charge is 0.308 e. The van der Waals surface area contributed by atoms with Crippen LogP contribution in [0.1, 0.15) is 45.9 Å². The molecule has 0 amide bonds. The van der Waals surface area contributed by atoms with Gasteiger partial charge in [0, 0.05) is 4.88 Å². The van der Waals surface area contributed by atoms with Gasteiger partial charge in [-0.2, -0.15) is 0 Å². The van der Waals surface area contributed by atoms with Crippen molar-refractivity contribution in [3.63, 3.8) is 0 Å². The molecule has 120 valence electrons. The van der Waals surface area contributed by atoms with Crippen LogP contribution in [0.25, 0.3) is 0 Å². The summed E-state index contributed by atoms with van der Waals surface area (Å²) >= 11 is 7.63. The van der Waals surface area contributed by atoms with Gasteiger partial charge in [-0.3, -0.25) is 4.79 Å². The molecule has 1 aromatic rings. The summed E-state index contributed by atoms with van der Waals surface area (Å²) in [4.78, 5) is 12.7. The number of rotatable bonds is 6. The summed E-state index contributed by atoms with van der Waals surface area (Å²) in [6.45, 7) is 9.51. The van der Waals surface area contributed by atoms with Gasteiger partial charge >= 0.3 is 5.97 Å². The number of carbonyl (C=O) groups is 1. The fourth-order valence-electron chi connectivity index (χ4n) is 1.71. The van der Waals surface area contributed by atoms with Gasteiger partial charge in [-0.25, -0.2) is 8.93 Å². The lowest BCUT2D eigenvalue weighted by atomic mass is 9.97. The van der Waals surface area contributed by atoms with Gasteiger partial charge in [0.1, 0.15) is 0 Å². The number of hydrogen-bond donors (Lipinski definition) is 1. The normalized spacial score (nSPS) is 16.3. The standard InChI is InChI=1S/C14H22ClNO3S2/c1-6-19-11(17)9-14(5,12-10(15)7-8-20-12)16-21(18)13(2,3)4/h7-8,16H,6,9H2,1-5H3/t14-,21+/m0/s1. The number of hydrogen-bond acceptors (Lipinski definition) is 4. The lowest BCUT2D eigenvalue weighted by Crippen LogP contribution is -2.47. The number of ether oxygens (including phenoxy) is 1. The van der Waals surface area contributed by atoms with Gasteiger partial charge in [-0.05, 0) is 46.1 Å². The first-order chi connectivity index (χ1) is 9.60. The first-order valence-electron chi connectivity index (χ1n) is 6.69. The van der Waals surface area contributed by atoms with E-state index in [0.29, 0.717) is 11.6 Å². The molecule has 7 heteroatoms. The molecule has 0 bridgehead atoms. The van der Waals surface area contributed by atoms with E-state index in [0.717, 1.165) is 4.88 Å². The molecule has 1 N–H and O–H groups in total. The molecule has 2 atom stereocenters. The molecule has 0 saturated heterocycles. The minimum Gasteiger partial charge on any atom is -0.466 e. The van der Waals surface area contributed by atoms with Crippen molar-refractivity contribution in [1.29, 1.82) is 0 Å². The summed E-state index contributed by atoms with van der Waals surface area (Å²) < 4.78 is 20.1. The molecule has 1 rings (SSSR count). The van der Waals surface area contributed by atoms with Gasteiger partial charge in [-0.15, -0.1) is 11.3 Å². The quantitative estimate of drug-likeness (QED) is 0.796. The monoisotopic (exact) mass is 351 g/mol. The number of esters is 1. The topological polar surface area (TPSA) is 55.4 Å². The van der Waals surface area contributed by atoms with E-state index in [-0.39, 0.29) is 12.4 Å². The lowest BCUT2D eigenvalue weighted by Gasteiger charge is -2.32. The third kappa shape index (κ3) is 5.06. The van der Waals surface area contributed by atoms with Crippen molar-refractivity contribution < 1.29 is 13.7 Å². The summed E-state index contributed by atoms with van der Waals surface area (Å²) in [6, 6.07) is 1.77. The first kappa shape index (κ1) is 18.6. The first-order valence-corrected chi connectivity index (χ1v) is 9.09. The predicted molar refractivity (Wildman–Crippen MR) is 89.0 cm³/mol. The Balaban J connectivity index is 3.08. The second-order valence-electron chi connectivity index (χ2n) is 5.89. The number of halogens is 1. The van der Waals surface area contributed by atoms with Crippen LogP contribution in [0.4, 0.5) is 0 Å². The van der Waals surface area contributed by atoms with Crippen LogP contribution in [-0.4, -0.2) is 21.5 Å². The second kappa shape index (κ2) is 7.22. The maximum atomic E-state index is 12.4. The Kier molecular flexibility index (Phi) is 6.40. The van der Waals surface area contributed by atoms with E-state index in [4.69, 9.17) is 16.3 Å². The van der Waals surface area contributed by atoms with Gasteiger partial charge in [0.15, 0.2) is 0 Å². The van der Waals surface area contributed by atoms with E-state index >= 15 is 0 Å². The van der Waals surface area contributed by atoms with Gasteiger partial charge in [0.05, 0.1) is 39.3 Å². The molecule has 0 aromatic carbocycles. The summed E-state index contributed by atoms with van der Waals surface area (Å²) in [5.74, 6) is -0.345. The Hall–Kier alpha value is -0.430. The van der Waals surface area contributed by atoms with Crippen LogP contribution in [0.2, 0.25) is 5.02 Å². The SMILES string of the molecule is CCOC(=O)C[C@](C)(N[S@](=O)C(C)(C)C)c1sccc1Cl. The molecule has 4 nitrogen and oxygen atoms in total. The van der Waals surface area contributed by atoms with Gasteiger partial charge in [0.25, 0.3) is 0 Å². The minimum absolute atomic E-state index is 0.0723. The molecule has 21 heavy (non-hydrogen) atoms. The Morgan fingerprint density at radius 3 is 2.48 bits per heavy atom. The summed E-state index contributed by atoms with van der Waals surface area (Å²) in [5, 5.41) is 2.41. The molecule has 0 unspecified atom stereocenters. The zero-order valence-electron chi connectivity index (χ0n) is 13.0. The summed E-state index contributed by atoms with van der Waals surface area (Å²) in [5.41, 5.74) is -0.824. The molecule has 0 fully saturated rings. The maximum Gasteiger partial charge on any atom is 0.308 e. The molecule has 0 aliphatic heterocycles. The van der Waals surface area contributed by atoms with Crippen LogP contribution < -0.4 is 4.72 Å². The molecule has 0 aliphatic rings. The third-order valence-corrected chi connectivity index (χ3v) is 6.15. The molecule has 1 aromatic heterocycles. The largest absolute Gasteiger partial charge is 0.466 e. The van der Waals surface area contributed by atoms with Gasteiger partial charge in [-0.1, -0.05) is 11.6 Å². The van der Waals surface area contributed by atoms with E-state index in [1.165, 1.54) is 11.3 Å². The van der Waals surface area contributed by atoms with Crippen LogP contribution in [0.3, 0.4) is 0 Å². The molecule has 0 spiro atoms. The average Bonchev–Trinajstić information content (AvgIpc) is 2.74. The summed E-state index contributed by atoms with van der Waals surface area (Å²) in [7, 11) is -1.33. The molecule has 0 saturated carbocycles. The number of carbonyl (C=O) groups excluding carboxylic acids is 1. The number of thiophene rings is 1. The molecular weight excluding hydrogens is 330 g/mol. The van der Waals surface area contributed by atoms with Crippen molar-refractivity contribution in [3.8, 4) is 0 Å². The Labute approximate surface area is 137 Å². The zero-order chi connectivity index (χ0) is 16.3. The van der Waals surface area contributed by atoms with Crippen molar-refractivity contribution in [1.82, 2.24) is 4.72 Å². The highest BCUT2D eigenvalue weighted by atomic mass is 35.5. The highest BCUT2D eigenvalue weighted by molar-refractivity contribution is 7.84. The van der Waals surface area contributed by atoms with Crippen LogP contribution in [0.15, 0.2) is 11.4 Å². The van der Waals surface area contributed by atoms with E-state index in [9.17, 15) is 9.00 Å². The third-order valence-electron chi connectivity index (χ3n) is 2.80. The average molecular weight is 352 g/mol. The van der Waals surface area contributed by atoms with Gasteiger partial charge in [0.2, 0.25) is 0 Å². The van der Waals surface area contributed by atoms with Gasteiger partial charge < -0.3 is 4.74 Å². The summed E-state index contributed by atoms with van der Waals surface area (Å²) in [6.07, 6.45) is 0.0723. The fraction of sp³-hybridized carbons (Fsp3) is 0.643. The van der Waals surface area contributed by atoms with Crippen LogP contribution in [-0.2, 0) is 26.1 Å². The Morgan fingerprint density at radius 1 is 1.43 bits per heavy atom. The number of nitrogens with one attached hydrogen (secondary N) is 1. The van der Waals surface area contributed by atoms with E-state index in [1.54, 1.807) is 13.0 Å². The second-order valence-corrected chi connectivity index (χ2v) is 9.18. The molecule has 1 heterocycles. The van der Waals surface area contributed by atoms with Crippen molar-refractivity contribution >= 4 is 39.9 Å². The lowest BCUT2D eigenvalue weighted by molar-refractivity contribution is -0.144. The zero-order valence-corrected chi connectivity index (χ0v) is 15.4. The maximum absolute atomic E-state index is 12.4. The van der Waals surface area contributed by atoms with E-state index < -0.39 is 21.3 Å². The van der Waals surface area contributed by atoms with Crippen LogP contribution in [0.5, 0.6) is 0 Å². The fourth-order valence-corrected chi connectivity index (χ4v) is 4.05. The van der Waals surface area contributed by atoms with Crippen LogP contribution in [0, 0.1) is 0 Å².